The van der Waals surface area contributed by atoms with E-state index in [9.17, 15) is 14.4 Å². The fourth-order valence-corrected chi connectivity index (χ4v) is 3.04. The Hall–Kier alpha value is -2.12. The van der Waals surface area contributed by atoms with E-state index >= 15 is 0 Å². The van der Waals surface area contributed by atoms with Crippen LogP contribution in [0.15, 0.2) is 18.2 Å². The van der Waals surface area contributed by atoms with Crippen molar-refractivity contribution in [1.29, 1.82) is 0 Å². The summed E-state index contributed by atoms with van der Waals surface area (Å²) >= 11 is 6.09. The summed E-state index contributed by atoms with van der Waals surface area (Å²) in [6.45, 7) is 5.90. The van der Waals surface area contributed by atoms with Gasteiger partial charge in [-0.3, -0.25) is 14.9 Å². The summed E-state index contributed by atoms with van der Waals surface area (Å²) < 4.78 is 5.25. The predicted molar refractivity (Wildman–Crippen MR) is 96.3 cm³/mol. The normalized spacial score (nSPS) is 17.2. The Morgan fingerprint density at radius 1 is 1.35 bits per heavy atom. The number of carboxylic acid groups (broad SMARTS) is 1. The fraction of sp³-hybridized carbons (Fsp3) is 0.500. The van der Waals surface area contributed by atoms with Gasteiger partial charge in [-0.25, -0.2) is 4.79 Å². The third-order valence-electron chi connectivity index (χ3n) is 3.86. The minimum atomic E-state index is -1.11. The summed E-state index contributed by atoms with van der Waals surface area (Å²) in [7, 11) is 0. The second-order valence-electron chi connectivity index (χ2n) is 7.12. The van der Waals surface area contributed by atoms with E-state index in [1.807, 2.05) is 0 Å². The largest absolute Gasteiger partial charge is 0.478 e. The molecule has 1 heterocycles. The lowest BCUT2D eigenvalue weighted by atomic mass is 10.1. The number of carbonyl (C=O) groups excluding carboxylic acids is 2. The number of nitrogens with one attached hydrogen (secondary N) is 1. The van der Waals surface area contributed by atoms with Gasteiger partial charge in [0, 0.05) is 6.54 Å². The Labute approximate surface area is 157 Å². The van der Waals surface area contributed by atoms with Gasteiger partial charge in [0.2, 0.25) is 0 Å². The number of ether oxygens (including phenoxy) is 1. The molecule has 1 saturated heterocycles. The molecule has 1 fully saturated rings. The van der Waals surface area contributed by atoms with Gasteiger partial charge in [-0.05, 0) is 51.8 Å². The van der Waals surface area contributed by atoms with Crippen LogP contribution in [0.3, 0.4) is 0 Å². The summed E-state index contributed by atoms with van der Waals surface area (Å²) in [6.07, 6.45) is 1.20. The number of rotatable bonds is 5. The maximum atomic E-state index is 12.8. The van der Waals surface area contributed by atoms with Crippen LogP contribution in [0.2, 0.25) is 5.02 Å². The summed E-state index contributed by atoms with van der Waals surface area (Å²) in [5, 5.41) is 12.1. The van der Waals surface area contributed by atoms with E-state index < -0.39 is 11.6 Å². The number of benzene rings is 1. The Morgan fingerprint density at radius 2 is 2.04 bits per heavy atom. The van der Waals surface area contributed by atoms with E-state index in [2.05, 4.69) is 5.32 Å². The van der Waals surface area contributed by atoms with E-state index in [-0.39, 0.29) is 40.7 Å². The molecule has 1 aliphatic rings. The highest BCUT2D eigenvalue weighted by molar-refractivity contribution is 6.34. The zero-order valence-electron chi connectivity index (χ0n) is 15.0. The second kappa shape index (κ2) is 8.05. The van der Waals surface area contributed by atoms with Crippen LogP contribution in [0.4, 0.5) is 0 Å². The van der Waals surface area contributed by atoms with Crippen molar-refractivity contribution in [3.8, 4) is 0 Å². The Morgan fingerprint density at radius 3 is 2.62 bits per heavy atom. The van der Waals surface area contributed by atoms with Crippen molar-refractivity contribution in [2.75, 3.05) is 13.1 Å². The molecule has 0 spiro atoms. The van der Waals surface area contributed by atoms with Crippen molar-refractivity contribution in [2.24, 2.45) is 0 Å². The number of halogens is 1. The van der Waals surface area contributed by atoms with E-state index in [1.165, 1.54) is 18.2 Å². The maximum absolute atomic E-state index is 12.8. The van der Waals surface area contributed by atoms with Crippen molar-refractivity contribution in [2.45, 2.75) is 45.4 Å². The van der Waals surface area contributed by atoms with Gasteiger partial charge in [0.15, 0.2) is 0 Å². The Bertz CT molecular complexity index is 714. The van der Waals surface area contributed by atoms with Crippen molar-refractivity contribution in [3.05, 3.63) is 34.3 Å². The Kier molecular flexibility index (Phi) is 6.26. The smallest absolute Gasteiger partial charge is 0.335 e. The molecule has 1 aromatic rings. The minimum Gasteiger partial charge on any atom is -0.478 e. The number of likely N-dealkylation sites (tertiary alicyclic amines) is 1. The standard InChI is InChI=1S/C18H23ClN2O5/c1-18(2,3)26-15(22)10-20-14-5-4-8-21(14)16(23)12-7-6-11(17(24)25)9-13(12)19/h6-7,9,14,20H,4-5,8,10H2,1-3H3,(H,24,25)/t14-/m0/s1. The first-order valence-corrected chi connectivity index (χ1v) is 8.75. The Balaban J connectivity index is 2.04. The highest BCUT2D eigenvalue weighted by Gasteiger charge is 2.31. The lowest BCUT2D eigenvalue weighted by molar-refractivity contribution is -0.153. The molecule has 0 aliphatic carbocycles. The lowest BCUT2D eigenvalue weighted by Crippen LogP contribution is -2.47. The third kappa shape index (κ3) is 5.19. The first-order chi connectivity index (χ1) is 12.1. The molecule has 0 aromatic heterocycles. The molecule has 1 amide bonds. The number of carbonyl (C=O) groups is 3. The number of nitrogens with zero attached hydrogens (tertiary/aromatic N) is 1. The van der Waals surface area contributed by atoms with E-state index in [1.54, 1.807) is 25.7 Å². The fourth-order valence-electron chi connectivity index (χ4n) is 2.78. The number of carboxylic acids is 1. The van der Waals surface area contributed by atoms with Crippen LogP contribution in [0.5, 0.6) is 0 Å². The zero-order valence-corrected chi connectivity index (χ0v) is 15.8. The molecule has 8 heteroatoms. The molecule has 142 valence electrons. The van der Waals surface area contributed by atoms with Crippen molar-refractivity contribution < 1.29 is 24.2 Å². The van der Waals surface area contributed by atoms with Crippen LogP contribution < -0.4 is 5.32 Å². The summed E-state index contributed by atoms with van der Waals surface area (Å²) in [4.78, 5) is 37.2. The topological polar surface area (TPSA) is 95.9 Å². The summed E-state index contributed by atoms with van der Waals surface area (Å²) in [5.74, 6) is -1.80. The molecule has 1 aromatic carbocycles. The highest BCUT2D eigenvalue weighted by atomic mass is 35.5. The maximum Gasteiger partial charge on any atom is 0.335 e. The third-order valence-corrected chi connectivity index (χ3v) is 4.17. The quantitative estimate of drug-likeness (QED) is 0.760. The van der Waals surface area contributed by atoms with Crippen molar-refractivity contribution in [1.82, 2.24) is 10.2 Å². The van der Waals surface area contributed by atoms with Crippen LogP contribution >= 0.6 is 11.6 Å². The van der Waals surface area contributed by atoms with Crippen LogP contribution in [0, 0.1) is 0 Å². The van der Waals surface area contributed by atoms with Crippen LogP contribution in [0.25, 0.3) is 0 Å². The number of esters is 1. The number of hydrogen-bond donors (Lipinski definition) is 2. The summed E-state index contributed by atoms with van der Waals surface area (Å²) in [6, 6.07) is 4.02. The van der Waals surface area contributed by atoms with Gasteiger partial charge in [-0.1, -0.05) is 11.6 Å². The van der Waals surface area contributed by atoms with Crippen LogP contribution in [0.1, 0.15) is 54.3 Å². The minimum absolute atomic E-state index is 0.00258. The van der Waals surface area contributed by atoms with Gasteiger partial charge < -0.3 is 14.7 Å². The first-order valence-electron chi connectivity index (χ1n) is 8.37. The van der Waals surface area contributed by atoms with Crippen LogP contribution in [-0.2, 0) is 9.53 Å². The molecule has 0 saturated carbocycles. The molecule has 7 nitrogen and oxygen atoms in total. The molecular weight excluding hydrogens is 360 g/mol. The van der Waals surface area contributed by atoms with E-state index in [0.29, 0.717) is 13.0 Å². The molecule has 0 bridgehead atoms. The van der Waals surface area contributed by atoms with E-state index in [0.717, 1.165) is 6.42 Å². The second-order valence-corrected chi connectivity index (χ2v) is 7.53. The van der Waals surface area contributed by atoms with Gasteiger partial charge in [0.05, 0.1) is 28.9 Å². The van der Waals surface area contributed by atoms with Crippen molar-refractivity contribution in [3.63, 3.8) is 0 Å². The number of aromatic carboxylic acids is 1. The van der Waals surface area contributed by atoms with Crippen molar-refractivity contribution >= 4 is 29.4 Å². The number of hydrogen-bond acceptors (Lipinski definition) is 5. The molecule has 26 heavy (non-hydrogen) atoms. The first kappa shape index (κ1) is 20.2. The molecule has 2 rings (SSSR count). The summed E-state index contributed by atoms with van der Waals surface area (Å²) in [5.41, 5.74) is -0.307. The average Bonchev–Trinajstić information content (AvgIpc) is 2.99. The van der Waals surface area contributed by atoms with Gasteiger partial charge in [0.1, 0.15) is 5.60 Å². The average molecular weight is 383 g/mol. The van der Waals surface area contributed by atoms with Crippen LogP contribution in [-0.4, -0.2) is 52.7 Å². The predicted octanol–water partition coefficient (Wildman–Crippen LogP) is 2.53. The SMILES string of the molecule is CC(C)(C)OC(=O)CN[C@@H]1CCCN1C(=O)c1ccc(C(=O)O)cc1Cl. The van der Waals surface area contributed by atoms with Gasteiger partial charge in [-0.2, -0.15) is 0 Å². The van der Waals surface area contributed by atoms with Gasteiger partial charge >= 0.3 is 11.9 Å². The number of amides is 1. The molecule has 0 radical (unpaired) electrons. The monoisotopic (exact) mass is 382 g/mol. The zero-order chi connectivity index (χ0) is 19.5. The van der Waals surface area contributed by atoms with E-state index in [4.69, 9.17) is 21.4 Å². The highest BCUT2D eigenvalue weighted by Crippen LogP contribution is 2.24. The lowest BCUT2D eigenvalue weighted by Gasteiger charge is -2.27. The van der Waals surface area contributed by atoms with Gasteiger partial charge in [0.25, 0.3) is 5.91 Å². The molecule has 0 unspecified atom stereocenters. The molecule has 1 atom stereocenters. The molecule has 2 N–H and O–H groups in total. The van der Waals surface area contributed by atoms with Gasteiger partial charge in [-0.15, -0.1) is 0 Å². The molecule has 1 aliphatic heterocycles. The molecular formula is C18H23ClN2O5.